The van der Waals surface area contributed by atoms with Crippen LogP contribution in [-0.4, -0.2) is 16.6 Å². The Labute approximate surface area is 112 Å². The normalized spacial score (nSPS) is 10.2. The van der Waals surface area contributed by atoms with E-state index in [0.29, 0.717) is 18.7 Å². The molecule has 0 spiro atoms. The van der Waals surface area contributed by atoms with Gasteiger partial charge in [0.1, 0.15) is 11.9 Å². The molecule has 1 aromatic carbocycles. The van der Waals surface area contributed by atoms with Gasteiger partial charge in [0.15, 0.2) is 0 Å². The molecular formula is C14H17N5. The van der Waals surface area contributed by atoms with E-state index in [0.717, 1.165) is 17.1 Å². The molecule has 0 fully saturated rings. The first kappa shape index (κ1) is 13.1. The molecule has 0 unspecified atom stereocenters. The van der Waals surface area contributed by atoms with Gasteiger partial charge in [0, 0.05) is 33.0 Å². The average Bonchev–Trinajstić information content (AvgIpc) is 2.83. The number of nitrogens with two attached hydrogens (primary N) is 1. The first-order valence-corrected chi connectivity index (χ1v) is 6.06. The predicted octanol–water partition coefficient (Wildman–Crippen LogP) is 1.39. The van der Waals surface area contributed by atoms with Crippen LogP contribution < -0.4 is 10.6 Å². The molecule has 2 aromatic rings. The fourth-order valence-corrected chi connectivity index (χ4v) is 1.98. The van der Waals surface area contributed by atoms with Gasteiger partial charge in [-0.15, -0.1) is 0 Å². The van der Waals surface area contributed by atoms with Crippen molar-refractivity contribution in [2.24, 2.45) is 12.8 Å². The Hall–Kier alpha value is -2.32. The van der Waals surface area contributed by atoms with Gasteiger partial charge in [0.25, 0.3) is 0 Å². The minimum absolute atomic E-state index is 0.443. The van der Waals surface area contributed by atoms with Gasteiger partial charge >= 0.3 is 0 Å². The van der Waals surface area contributed by atoms with Gasteiger partial charge in [-0.05, 0) is 17.7 Å². The zero-order valence-electron chi connectivity index (χ0n) is 11.2. The Morgan fingerprint density at radius 3 is 2.84 bits per heavy atom. The van der Waals surface area contributed by atoms with Gasteiger partial charge in [0.2, 0.25) is 0 Å². The van der Waals surface area contributed by atoms with E-state index >= 15 is 0 Å². The number of aromatic nitrogens is 2. The van der Waals surface area contributed by atoms with Crippen LogP contribution in [0.2, 0.25) is 0 Å². The number of nitrogens with zero attached hydrogens (tertiary/aromatic N) is 4. The van der Waals surface area contributed by atoms with E-state index in [-0.39, 0.29) is 0 Å². The second-order valence-electron chi connectivity index (χ2n) is 4.48. The van der Waals surface area contributed by atoms with Crippen molar-refractivity contribution in [3.63, 3.8) is 0 Å². The van der Waals surface area contributed by atoms with Crippen LogP contribution >= 0.6 is 0 Å². The van der Waals surface area contributed by atoms with Crippen molar-refractivity contribution in [2.45, 2.75) is 13.1 Å². The fraction of sp³-hybridized carbons (Fsp3) is 0.286. The summed E-state index contributed by atoms with van der Waals surface area (Å²) >= 11 is 0. The van der Waals surface area contributed by atoms with Crippen LogP contribution in [0.4, 0.5) is 5.69 Å². The number of rotatable bonds is 4. The lowest BCUT2D eigenvalue weighted by Crippen LogP contribution is -2.20. The van der Waals surface area contributed by atoms with Crippen LogP contribution in [0.1, 0.15) is 17.0 Å². The van der Waals surface area contributed by atoms with E-state index < -0.39 is 0 Å². The zero-order chi connectivity index (χ0) is 13.8. The van der Waals surface area contributed by atoms with E-state index in [1.54, 1.807) is 6.20 Å². The minimum Gasteiger partial charge on any atom is -0.366 e. The maximum Gasteiger partial charge on any atom is 0.127 e. The van der Waals surface area contributed by atoms with Crippen molar-refractivity contribution in [1.29, 1.82) is 5.26 Å². The Bertz CT molecular complexity index is 609. The summed E-state index contributed by atoms with van der Waals surface area (Å²) in [4.78, 5) is 6.30. The molecule has 0 aliphatic heterocycles. The third-order valence-corrected chi connectivity index (χ3v) is 3.13. The molecule has 1 heterocycles. The second kappa shape index (κ2) is 5.55. The largest absolute Gasteiger partial charge is 0.366 e. The summed E-state index contributed by atoms with van der Waals surface area (Å²) in [6.45, 7) is 1.10. The molecule has 2 rings (SSSR count). The quantitative estimate of drug-likeness (QED) is 0.896. The first-order valence-electron chi connectivity index (χ1n) is 6.06. The predicted molar refractivity (Wildman–Crippen MR) is 74.4 cm³/mol. The summed E-state index contributed by atoms with van der Waals surface area (Å²) in [5, 5.41) is 9.23. The lowest BCUT2D eigenvalue weighted by atomic mass is 10.1. The highest BCUT2D eigenvalue weighted by Gasteiger charge is 2.10. The van der Waals surface area contributed by atoms with E-state index in [1.807, 2.05) is 48.0 Å². The molecule has 2 N–H and O–H groups in total. The van der Waals surface area contributed by atoms with Crippen LogP contribution in [-0.2, 0) is 20.1 Å². The first-order chi connectivity index (χ1) is 9.15. The molecule has 98 valence electrons. The number of aryl methyl sites for hydroxylation is 1. The molecule has 5 nitrogen and oxygen atoms in total. The maximum absolute atomic E-state index is 9.23. The monoisotopic (exact) mass is 255 g/mol. The highest BCUT2D eigenvalue weighted by Crippen LogP contribution is 2.21. The standard InChI is InChI=1S/C14H17N5/c1-18-6-5-17-14(18)10-19(2)13-4-3-11(8-15)7-12(13)9-16/h3-7H,8,10,15H2,1-2H3. The summed E-state index contributed by atoms with van der Waals surface area (Å²) < 4.78 is 1.97. The number of hydrogen-bond acceptors (Lipinski definition) is 4. The van der Waals surface area contributed by atoms with E-state index in [9.17, 15) is 5.26 Å². The molecular weight excluding hydrogens is 238 g/mol. The smallest absolute Gasteiger partial charge is 0.127 e. The van der Waals surface area contributed by atoms with Gasteiger partial charge in [-0.25, -0.2) is 4.98 Å². The topological polar surface area (TPSA) is 70.9 Å². The molecule has 5 heteroatoms. The molecule has 19 heavy (non-hydrogen) atoms. The number of anilines is 1. The van der Waals surface area contributed by atoms with Crippen LogP contribution in [0.25, 0.3) is 0 Å². The lowest BCUT2D eigenvalue weighted by molar-refractivity contribution is 0.761. The summed E-state index contributed by atoms with van der Waals surface area (Å²) in [6, 6.07) is 7.94. The molecule has 1 aromatic heterocycles. The molecule has 0 amide bonds. The summed E-state index contributed by atoms with van der Waals surface area (Å²) in [5.41, 5.74) is 8.09. The number of nitriles is 1. The molecule has 0 aliphatic rings. The summed E-state index contributed by atoms with van der Waals surface area (Å²) in [5.74, 6) is 0.953. The Balaban J connectivity index is 2.26. The van der Waals surface area contributed by atoms with Gasteiger partial charge in [-0.2, -0.15) is 5.26 Å². The molecule has 0 saturated heterocycles. The molecule has 0 radical (unpaired) electrons. The highest BCUT2D eigenvalue weighted by atomic mass is 15.2. The van der Waals surface area contributed by atoms with Crippen molar-refractivity contribution >= 4 is 5.69 Å². The minimum atomic E-state index is 0.443. The van der Waals surface area contributed by atoms with Crippen molar-refractivity contribution in [1.82, 2.24) is 9.55 Å². The number of imidazole rings is 1. The Morgan fingerprint density at radius 2 is 2.26 bits per heavy atom. The van der Waals surface area contributed by atoms with E-state index in [2.05, 4.69) is 11.1 Å². The number of benzene rings is 1. The fourth-order valence-electron chi connectivity index (χ4n) is 1.98. The van der Waals surface area contributed by atoms with Gasteiger partial charge in [0.05, 0.1) is 17.8 Å². The van der Waals surface area contributed by atoms with E-state index in [4.69, 9.17) is 5.73 Å². The van der Waals surface area contributed by atoms with Crippen LogP contribution in [0, 0.1) is 11.3 Å². The highest BCUT2D eigenvalue weighted by molar-refractivity contribution is 5.60. The van der Waals surface area contributed by atoms with Crippen molar-refractivity contribution in [3.05, 3.63) is 47.5 Å². The second-order valence-corrected chi connectivity index (χ2v) is 4.48. The summed E-state index contributed by atoms with van der Waals surface area (Å²) in [7, 11) is 3.91. The van der Waals surface area contributed by atoms with Gasteiger partial charge in [-0.1, -0.05) is 6.07 Å². The van der Waals surface area contributed by atoms with Crippen molar-refractivity contribution in [3.8, 4) is 6.07 Å². The zero-order valence-corrected chi connectivity index (χ0v) is 11.2. The molecule has 0 saturated carbocycles. The molecule has 0 atom stereocenters. The third-order valence-electron chi connectivity index (χ3n) is 3.13. The van der Waals surface area contributed by atoms with Crippen LogP contribution in [0.3, 0.4) is 0 Å². The molecule has 0 bridgehead atoms. The Morgan fingerprint density at radius 1 is 1.47 bits per heavy atom. The van der Waals surface area contributed by atoms with Crippen LogP contribution in [0.15, 0.2) is 30.6 Å². The molecule has 0 aliphatic carbocycles. The number of hydrogen-bond donors (Lipinski definition) is 1. The average molecular weight is 255 g/mol. The van der Waals surface area contributed by atoms with Crippen LogP contribution in [0.5, 0.6) is 0 Å². The van der Waals surface area contributed by atoms with Gasteiger partial charge < -0.3 is 15.2 Å². The van der Waals surface area contributed by atoms with Crippen molar-refractivity contribution in [2.75, 3.05) is 11.9 Å². The third kappa shape index (κ3) is 2.75. The van der Waals surface area contributed by atoms with E-state index in [1.165, 1.54) is 0 Å². The van der Waals surface area contributed by atoms with Crippen molar-refractivity contribution < 1.29 is 0 Å². The maximum atomic E-state index is 9.23. The Kier molecular flexibility index (Phi) is 3.83. The lowest BCUT2D eigenvalue weighted by Gasteiger charge is -2.20. The SMILES string of the molecule is CN(Cc1nccn1C)c1ccc(CN)cc1C#N. The summed E-state index contributed by atoms with van der Waals surface area (Å²) in [6.07, 6.45) is 3.68. The van der Waals surface area contributed by atoms with Gasteiger partial charge in [-0.3, -0.25) is 0 Å².